The van der Waals surface area contributed by atoms with Crippen molar-refractivity contribution in [3.05, 3.63) is 23.8 Å². The molecule has 2 atom stereocenters. The molecular weight excluding hydrogens is 314 g/mol. The van der Waals surface area contributed by atoms with Crippen LogP contribution in [-0.2, 0) is 5.41 Å². The van der Waals surface area contributed by atoms with Crippen LogP contribution in [0.5, 0.6) is 5.75 Å². The van der Waals surface area contributed by atoms with Crippen molar-refractivity contribution >= 4 is 11.8 Å². The van der Waals surface area contributed by atoms with E-state index in [-0.39, 0.29) is 17.6 Å². The minimum atomic E-state index is -0.323. The van der Waals surface area contributed by atoms with Crippen molar-refractivity contribution in [2.75, 3.05) is 25.5 Å². The number of fused-ring (bicyclic) bond motifs is 3. The lowest BCUT2D eigenvalue weighted by molar-refractivity contribution is 0.192. The first-order valence-electron chi connectivity index (χ1n) is 9.55. The summed E-state index contributed by atoms with van der Waals surface area (Å²) in [4.78, 5) is 17.0. The number of likely N-dealkylation sites (N-methyl/N-ethyl adjacent to an activating group) is 2. The smallest absolute Gasteiger partial charge is 0.410 e. The third kappa shape index (κ3) is 2.78. The first-order valence-corrected chi connectivity index (χ1v) is 9.55. The number of nitrogens with one attached hydrogen (secondary N) is 1. The highest BCUT2D eigenvalue weighted by Crippen LogP contribution is 2.51. The minimum Gasteiger partial charge on any atom is -0.410 e. The second-order valence-corrected chi connectivity index (χ2v) is 8.18. The van der Waals surface area contributed by atoms with Crippen molar-refractivity contribution in [1.82, 2.24) is 10.2 Å². The Bertz CT molecular complexity index is 671. The van der Waals surface area contributed by atoms with Gasteiger partial charge in [0.1, 0.15) is 5.75 Å². The van der Waals surface area contributed by atoms with Crippen molar-refractivity contribution in [1.29, 1.82) is 0 Å². The van der Waals surface area contributed by atoms with E-state index in [1.165, 1.54) is 30.5 Å². The molecular formula is C20H29N3O2. The summed E-state index contributed by atoms with van der Waals surface area (Å²) in [6, 6.07) is 6.38. The molecule has 0 bridgehead atoms. The fraction of sp³-hybridized carbons (Fsp3) is 0.650. The van der Waals surface area contributed by atoms with Gasteiger partial charge in [0.25, 0.3) is 0 Å². The number of amides is 1. The van der Waals surface area contributed by atoms with Gasteiger partial charge in [-0.25, -0.2) is 4.79 Å². The van der Waals surface area contributed by atoms with E-state index in [2.05, 4.69) is 42.2 Å². The number of ether oxygens (including phenoxy) is 1. The van der Waals surface area contributed by atoms with Gasteiger partial charge in [-0.15, -0.1) is 0 Å². The molecule has 1 N–H and O–H groups in total. The maximum absolute atomic E-state index is 12.2. The second kappa shape index (κ2) is 6.20. The zero-order valence-corrected chi connectivity index (χ0v) is 15.5. The topological polar surface area (TPSA) is 44.8 Å². The molecule has 5 heteroatoms. The normalized spacial score (nSPS) is 29.4. The average Bonchev–Trinajstić information content (AvgIpc) is 3.01. The fourth-order valence-electron chi connectivity index (χ4n) is 5.17. The van der Waals surface area contributed by atoms with Crippen molar-refractivity contribution in [2.24, 2.45) is 0 Å². The van der Waals surface area contributed by atoms with Gasteiger partial charge >= 0.3 is 6.09 Å². The summed E-state index contributed by atoms with van der Waals surface area (Å²) < 4.78 is 5.58. The van der Waals surface area contributed by atoms with Gasteiger partial charge in [-0.1, -0.05) is 32.3 Å². The number of carbonyl (C=O) groups is 1. The molecule has 25 heavy (non-hydrogen) atoms. The van der Waals surface area contributed by atoms with Crippen LogP contribution in [0, 0.1) is 0 Å². The summed E-state index contributed by atoms with van der Waals surface area (Å²) in [5, 5.41) is 3.02. The number of nitrogens with zero attached hydrogens (tertiary/aromatic N) is 2. The van der Waals surface area contributed by atoms with Crippen LogP contribution in [0.1, 0.15) is 51.0 Å². The quantitative estimate of drug-likeness (QED) is 0.893. The molecule has 3 aliphatic rings. The van der Waals surface area contributed by atoms with Crippen LogP contribution in [0.15, 0.2) is 18.2 Å². The SMILES string of the molecule is CN1CC[C@]2(C)c3ccc(OC(=O)NC4CCCCC4)cc3N(C)[C@H]12. The first-order chi connectivity index (χ1) is 12.0. The van der Waals surface area contributed by atoms with E-state index in [0.29, 0.717) is 11.9 Å². The molecule has 0 unspecified atom stereocenters. The summed E-state index contributed by atoms with van der Waals surface area (Å²) in [6.45, 7) is 3.47. The molecule has 1 aromatic carbocycles. The Morgan fingerprint density at radius 2 is 2.00 bits per heavy atom. The van der Waals surface area contributed by atoms with E-state index < -0.39 is 0 Å². The predicted molar refractivity (Wildman–Crippen MR) is 99.3 cm³/mol. The molecule has 1 saturated heterocycles. The van der Waals surface area contributed by atoms with E-state index in [1.54, 1.807) is 0 Å². The number of hydrogen-bond donors (Lipinski definition) is 1. The highest BCUT2D eigenvalue weighted by atomic mass is 16.6. The van der Waals surface area contributed by atoms with Gasteiger partial charge in [0.05, 0.1) is 6.17 Å². The minimum absolute atomic E-state index is 0.154. The molecule has 0 aromatic heterocycles. The molecule has 136 valence electrons. The Hall–Kier alpha value is -1.75. The monoisotopic (exact) mass is 343 g/mol. The summed E-state index contributed by atoms with van der Waals surface area (Å²) in [5.74, 6) is 0.630. The summed E-state index contributed by atoms with van der Waals surface area (Å²) in [6.07, 6.45) is 7.02. The van der Waals surface area contributed by atoms with Crippen molar-refractivity contribution < 1.29 is 9.53 Å². The van der Waals surface area contributed by atoms with E-state index in [0.717, 1.165) is 25.8 Å². The van der Waals surface area contributed by atoms with Crippen LogP contribution in [0.3, 0.4) is 0 Å². The lowest BCUT2D eigenvalue weighted by Crippen LogP contribution is -2.45. The molecule has 0 spiro atoms. The van der Waals surface area contributed by atoms with E-state index >= 15 is 0 Å². The Balaban J connectivity index is 1.49. The van der Waals surface area contributed by atoms with Crippen molar-refractivity contribution in [3.63, 3.8) is 0 Å². The first kappa shape index (κ1) is 16.7. The van der Waals surface area contributed by atoms with Gasteiger partial charge in [-0.3, -0.25) is 4.90 Å². The third-order valence-electron chi connectivity index (χ3n) is 6.44. The van der Waals surface area contributed by atoms with Crippen molar-refractivity contribution in [3.8, 4) is 5.75 Å². The molecule has 0 radical (unpaired) electrons. The maximum atomic E-state index is 12.2. The van der Waals surface area contributed by atoms with Crippen LogP contribution in [0.2, 0.25) is 0 Å². The molecule has 2 heterocycles. The van der Waals surface area contributed by atoms with Crippen LogP contribution in [0.25, 0.3) is 0 Å². The van der Waals surface area contributed by atoms with Crippen LogP contribution < -0.4 is 15.0 Å². The standard InChI is InChI=1S/C20H29N3O2/c1-20-11-12-22(2)18(20)23(3)17-13-15(9-10-16(17)20)25-19(24)21-14-7-5-4-6-8-14/h9-10,13-14,18H,4-8,11-12H2,1-3H3,(H,21,24)/t18-,20+/m0/s1. The molecule has 1 saturated carbocycles. The molecule has 1 aromatic rings. The van der Waals surface area contributed by atoms with Crippen LogP contribution in [0.4, 0.5) is 10.5 Å². The largest absolute Gasteiger partial charge is 0.412 e. The second-order valence-electron chi connectivity index (χ2n) is 8.18. The summed E-state index contributed by atoms with van der Waals surface area (Å²) in [5.41, 5.74) is 2.70. The van der Waals surface area contributed by atoms with Crippen molar-refractivity contribution in [2.45, 2.75) is 63.1 Å². The van der Waals surface area contributed by atoms with Gasteiger partial charge in [-0.05, 0) is 37.9 Å². The number of likely N-dealkylation sites (tertiary alicyclic amines) is 1. The van der Waals surface area contributed by atoms with Gasteiger partial charge in [0.2, 0.25) is 0 Å². The average molecular weight is 343 g/mol. The zero-order valence-electron chi connectivity index (χ0n) is 15.5. The van der Waals surface area contributed by atoms with Gasteiger partial charge in [0.15, 0.2) is 0 Å². The highest BCUT2D eigenvalue weighted by molar-refractivity contribution is 5.73. The van der Waals surface area contributed by atoms with Crippen LogP contribution in [-0.4, -0.2) is 43.8 Å². The number of carbonyl (C=O) groups excluding carboxylic acids is 1. The number of rotatable bonds is 2. The number of hydrogen-bond acceptors (Lipinski definition) is 4. The molecule has 2 fully saturated rings. The third-order valence-corrected chi connectivity index (χ3v) is 6.44. The molecule has 1 aliphatic carbocycles. The molecule has 5 nitrogen and oxygen atoms in total. The Kier molecular flexibility index (Phi) is 4.14. The summed E-state index contributed by atoms with van der Waals surface area (Å²) in [7, 11) is 4.33. The van der Waals surface area contributed by atoms with Gasteiger partial charge < -0.3 is 15.0 Å². The lowest BCUT2D eigenvalue weighted by atomic mass is 9.81. The molecule has 4 rings (SSSR count). The van der Waals surface area contributed by atoms with E-state index in [4.69, 9.17) is 4.74 Å². The fourth-order valence-corrected chi connectivity index (χ4v) is 5.17. The molecule has 1 amide bonds. The molecule has 2 aliphatic heterocycles. The Labute approximate surface area is 150 Å². The van der Waals surface area contributed by atoms with E-state index in [1.807, 2.05) is 12.1 Å². The lowest BCUT2D eigenvalue weighted by Gasteiger charge is -2.32. The predicted octanol–water partition coefficient (Wildman–Crippen LogP) is 3.48. The maximum Gasteiger partial charge on any atom is 0.412 e. The van der Waals surface area contributed by atoms with E-state index in [9.17, 15) is 4.79 Å². The number of anilines is 1. The van der Waals surface area contributed by atoms with Gasteiger partial charge in [0, 0.05) is 36.8 Å². The Morgan fingerprint density at radius 3 is 2.76 bits per heavy atom. The number of benzene rings is 1. The van der Waals surface area contributed by atoms with Gasteiger partial charge in [-0.2, -0.15) is 0 Å². The summed E-state index contributed by atoms with van der Waals surface area (Å²) >= 11 is 0. The highest BCUT2D eigenvalue weighted by Gasteiger charge is 2.52. The van der Waals surface area contributed by atoms with Crippen LogP contribution >= 0.6 is 0 Å². The zero-order chi connectivity index (χ0) is 17.6. The Morgan fingerprint density at radius 1 is 1.24 bits per heavy atom.